The van der Waals surface area contributed by atoms with Crippen molar-refractivity contribution in [1.29, 1.82) is 0 Å². The molecule has 100 valence electrons. The van der Waals surface area contributed by atoms with E-state index < -0.39 is 0 Å². The summed E-state index contributed by atoms with van der Waals surface area (Å²) in [7, 11) is 0. The maximum absolute atomic E-state index is 3.56. The summed E-state index contributed by atoms with van der Waals surface area (Å²) in [6.07, 6.45) is 2.68. The molecule has 1 aromatic carbocycles. The molecule has 2 heteroatoms. The van der Waals surface area contributed by atoms with Crippen molar-refractivity contribution in [2.75, 3.05) is 19.6 Å². The van der Waals surface area contributed by atoms with E-state index in [9.17, 15) is 0 Å². The predicted molar refractivity (Wildman–Crippen MR) is 77.6 cm³/mol. The molecule has 0 saturated carbocycles. The summed E-state index contributed by atoms with van der Waals surface area (Å²) in [5.41, 5.74) is 1.44. The molecule has 0 aliphatic carbocycles. The van der Waals surface area contributed by atoms with Crippen LogP contribution >= 0.6 is 0 Å². The minimum atomic E-state index is 0.618. The third kappa shape index (κ3) is 4.43. The molecule has 0 spiro atoms. The smallest absolute Gasteiger partial charge is 0.0233 e. The highest BCUT2D eigenvalue weighted by Gasteiger charge is 2.18. The van der Waals surface area contributed by atoms with E-state index in [-0.39, 0.29) is 0 Å². The standard InChI is InChI=1S/C16H26N2/c1-14(2)17-12-15-8-10-18(11-9-15)13-16-6-4-3-5-7-16/h3-7,14-15,17H,8-13H2,1-2H3. The molecule has 18 heavy (non-hydrogen) atoms. The lowest BCUT2D eigenvalue weighted by Crippen LogP contribution is -2.38. The molecule has 1 N–H and O–H groups in total. The fraction of sp³-hybridized carbons (Fsp3) is 0.625. The normalized spacial score (nSPS) is 18.4. The molecular weight excluding hydrogens is 220 g/mol. The van der Waals surface area contributed by atoms with Crippen molar-refractivity contribution < 1.29 is 0 Å². The molecule has 2 rings (SSSR count). The second kappa shape index (κ2) is 6.91. The van der Waals surface area contributed by atoms with Crippen LogP contribution in [0.25, 0.3) is 0 Å². The molecule has 1 aromatic rings. The molecule has 0 bridgehead atoms. The summed E-state index contributed by atoms with van der Waals surface area (Å²) >= 11 is 0. The predicted octanol–water partition coefficient (Wildman–Crippen LogP) is 2.90. The molecule has 1 aliphatic rings. The lowest BCUT2D eigenvalue weighted by molar-refractivity contribution is 0.174. The van der Waals surface area contributed by atoms with Gasteiger partial charge < -0.3 is 5.32 Å². The number of hydrogen-bond acceptors (Lipinski definition) is 2. The molecule has 1 heterocycles. The average Bonchev–Trinajstić information content (AvgIpc) is 2.39. The van der Waals surface area contributed by atoms with Crippen molar-refractivity contribution in [3.8, 4) is 0 Å². The summed E-state index contributed by atoms with van der Waals surface area (Å²) in [6.45, 7) is 9.26. The Morgan fingerprint density at radius 2 is 1.83 bits per heavy atom. The van der Waals surface area contributed by atoms with Crippen molar-refractivity contribution >= 4 is 0 Å². The van der Waals surface area contributed by atoms with Crippen LogP contribution in [0.4, 0.5) is 0 Å². The minimum Gasteiger partial charge on any atom is -0.314 e. The highest BCUT2D eigenvalue weighted by molar-refractivity contribution is 5.14. The first-order valence-electron chi connectivity index (χ1n) is 7.23. The third-order valence-electron chi connectivity index (χ3n) is 3.77. The number of nitrogens with one attached hydrogen (secondary N) is 1. The van der Waals surface area contributed by atoms with Gasteiger partial charge in [-0.15, -0.1) is 0 Å². The largest absolute Gasteiger partial charge is 0.314 e. The van der Waals surface area contributed by atoms with Crippen LogP contribution in [0.1, 0.15) is 32.3 Å². The van der Waals surface area contributed by atoms with Gasteiger partial charge in [-0.1, -0.05) is 44.2 Å². The van der Waals surface area contributed by atoms with Crippen LogP contribution in [-0.4, -0.2) is 30.6 Å². The van der Waals surface area contributed by atoms with E-state index in [1.165, 1.54) is 38.0 Å². The summed E-state index contributed by atoms with van der Waals surface area (Å²) in [5, 5.41) is 3.56. The van der Waals surface area contributed by atoms with Gasteiger partial charge >= 0.3 is 0 Å². The van der Waals surface area contributed by atoms with Gasteiger partial charge in [0.2, 0.25) is 0 Å². The van der Waals surface area contributed by atoms with Gasteiger partial charge in [-0.05, 0) is 44.0 Å². The maximum Gasteiger partial charge on any atom is 0.0233 e. The Bertz CT molecular complexity index is 326. The second-order valence-electron chi connectivity index (χ2n) is 5.77. The monoisotopic (exact) mass is 246 g/mol. The van der Waals surface area contributed by atoms with Crippen LogP contribution in [-0.2, 0) is 6.54 Å². The second-order valence-corrected chi connectivity index (χ2v) is 5.77. The van der Waals surface area contributed by atoms with Crippen molar-refractivity contribution in [2.24, 2.45) is 5.92 Å². The third-order valence-corrected chi connectivity index (χ3v) is 3.77. The molecule has 0 unspecified atom stereocenters. The lowest BCUT2D eigenvalue weighted by atomic mass is 9.96. The van der Waals surface area contributed by atoms with Gasteiger partial charge in [0.15, 0.2) is 0 Å². The molecule has 1 fully saturated rings. The molecule has 1 aliphatic heterocycles. The number of piperidine rings is 1. The van der Waals surface area contributed by atoms with Crippen LogP contribution in [0.5, 0.6) is 0 Å². The van der Waals surface area contributed by atoms with Crippen molar-refractivity contribution in [3.63, 3.8) is 0 Å². The zero-order valence-corrected chi connectivity index (χ0v) is 11.7. The molecule has 0 radical (unpaired) electrons. The van der Waals surface area contributed by atoms with E-state index in [0.717, 1.165) is 12.5 Å². The Labute approximate surface area is 111 Å². The number of benzene rings is 1. The summed E-state index contributed by atoms with van der Waals surface area (Å²) in [4.78, 5) is 2.58. The van der Waals surface area contributed by atoms with Gasteiger partial charge in [0.05, 0.1) is 0 Å². The summed E-state index contributed by atoms with van der Waals surface area (Å²) < 4.78 is 0. The zero-order chi connectivity index (χ0) is 12.8. The van der Waals surface area contributed by atoms with E-state index in [1.807, 2.05) is 0 Å². The minimum absolute atomic E-state index is 0.618. The molecule has 0 amide bonds. The van der Waals surface area contributed by atoms with Crippen molar-refractivity contribution in [1.82, 2.24) is 10.2 Å². The molecule has 0 aromatic heterocycles. The Balaban J connectivity index is 1.70. The fourth-order valence-corrected chi connectivity index (χ4v) is 2.59. The highest BCUT2D eigenvalue weighted by Crippen LogP contribution is 2.18. The first-order chi connectivity index (χ1) is 8.74. The molecular formula is C16H26N2. The van der Waals surface area contributed by atoms with Gasteiger partial charge in [-0.2, -0.15) is 0 Å². The average molecular weight is 246 g/mol. The van der Waals surface area contributed by atoms with Crippen LogP contribution in [0, 0.1) is 5.92 Å². The summed E-state index contributed by atoms with van der Waals surface area (Å²) in [6, 6.07) is 11.4. The Hall–Kier alpha value is -0.860. The van der Waals surface area contributed by atoms with E-state index in [0.29, 0.717) is 6.04 Å². The van der Waals surface area contributed by atoms with Crippen LogP contribution in [0.2, 0.25) is 0 Å². The fourth-order valence-electron chi connectivity index (χ4n) is 2.59. The Morgan fingerprint density at radius 1 is 1.17 bits per heavy atom. The van der Waals surface area contributed by atoms with Crippen molar-refractivity contribution in [2.45, 2.75) is 39.3 Å². The van der Waals surface area contributed by atoms with Gasteiger partial charge in [-0.3, -0.25) is 4.90 Å². The van der Waals surface area contributed by atoms with Gasteiger partial charge in [0.1, 0.15) is 0 Å². The van der Waals surface area contributed by atoms with E-state index in [1.54, 1.807) is 0 Å². The number of hydrogen-bond donors (Lipinski definition) is 1. The van der Waals surface area contributed by atoms with Crippen LogP contribution < -0.4 is 5.32 Å². The quantitative estimate of drug-likeness (QED) is 0.859. The number of likely N-dealkylation sites (tertiary alicyclic amines) is 1. The van der Waals surface area contributed by atoms with Crippen LogP contribution in [0.3, 0.4) is 0 Å². The van der Waals surface area contributed by atoms with E-state index >= 15 is 0 Å². The Kier molecular flexibility index (Phi) is 5.21. The SMILES string of the molecule is CC(C)NCC1CCN(Cc2ccccc2)CC1. The zero-order valence-electron chi connectivity index (χ0n) is 11.7. The first kappa shape index (κ1) is 13.6. The van der Waals surface area contributed by atoms with Crippen molar-refractivity contribution in [3.05, 3.63) is 35.9 Å². The van der Waals surface area contributed by atoms with E-state index in [4.69, 9.17) is 0 Å². The highest BCUT2D eigenvalue weighted by atomic mass is 15.1. The summed E-state index contributed by atoms with van der Waals surface area (Å²) in [5.74, 6) is 0.874. The van der Waals surface area contributed by atoms with Gasteiger partial charge in [-0.25, -0.2) is 0 Å². The molecule has 1 saturated heterocycles. The first-order valence-corrected chi connectivity index (χ1v) is 7.23. The lowest BCUT2D eigenvalue weighted by Gasteiger charge is -2.32. The molecule has 2 nitrogen and oxygen atoms in total. The van der Waals surface area contributed by atoms with Gasteiger partial charge in [0, 0.05) is 12.6 Å². The topological polar surface area (TPSA) is 15.3 Å². The Morgan fingerprint density at radius 3 is 2.44 bits per heavy atom. The van der Waals surface area contributed by atoms with Crippen LogP contribution in [0.15, 0.2) is 30.3 Å². The van der Waals surface area contributed by atoms with Gasteiger partial charge in [0.25, 0.3) is 0 Å². The number of nitrogens with zero attached hydrogens (tertiary/aromatic N) is 1. The molecule has 0 atom stereocenters. The number of rotatable bonds is 5. The maximum atomic E-state index is 3.56. The van der Waals surface area contributed by atoms with E-state index in [2.05, 4.69) is 54.4 Å².